The molecule has 0 atom stereocenters. The van der Waals surface area contributed by atoms with Gasteiger partial charge in [0.15, 0.2) is 5.65 Å². The van der Waals surface area contributed by atoms with Crippen LogP contribution in [0.25, 0.3) is 5.65 Å². The summed E-state index contributed by atoms with van der Waals surface area (Å²) in [5, 5.41) is 13.3. The van der Waals surface area contributed by atoms with Gasteiger partial charge < -0.3 is 10.0 Å². The highest BCUT2D eigenvalue weighted by Crippen LogP contribution is 2.25. The van der Waals surface area contributed by atoms with E-state index in [2.05, 4.69) is 10.1 Å². The molecule has 2 aromatic heterocycles. The van der Waals surface area contributed by atoms with Crippen LogP contribution in [0.2, 0.25) is 0 Å². The molecule has 0 aliphatic rings. The van der Waals surface area contributed by atoms with E-state index in [0.717, 1.165) is 17.0 Å². The summed E-state index contributed by atoms with van der Waals surface area (Å²) in [6.07, 6.45) is 1.47. The van der Waals surface area contributed by atoms with E-state index >= 15 is 0 Å². The summed E-state index contributed by atoms with van der Waals surface area (Å²) in [6, 6.07) is 3.84. The topological polar surface area (TPSA) is 70.7 Å². The van der Waals surface area contributed by atoms with Crippen LogP contribution in [0.15, 0.2) is 18.5 Å². The predicted molar refractivity (Wildman–Crippen MR) is 72.5 cm³/mol. The lowest BCUT2D eigenvalue weighted by Crippen LogP contribution is -2.45. The van der Waals surface area contributed by atoms with Crippen LogP contribution in [-0.2, 0) is 4.79 Å². The zero-order valence-electron chi connectivity index (χ0n) is 11.6. The highest BCUT2D eigenvalue weighted by Gasteiger charge is 2.26. The predicted octanol–water partition coefficient (Wildman–Crippen LogP) is 1.73. The van der Waals surface area contributed by atoms with Crippen molar-refractivity contribution in [2.75, 3.05) is 11.4 Å². The number of aryl methyl sites for hydroxylation is 1. The number of hydrogen-bond donors (Lipinski definition) is 1. The van der Waals surface area contributed by atoms with E-state index < -0.39 is 5.97 Å². The highest BCUT2D eigenvalue weighted by molar-refractivity contribution is 5.74. The van der Waals surface area contributed by atoms with Gasteiger partial charge in [0.05, 0.1) is 0 Å². The maximum atomic E-state index is 11.1. The summed E-state index contributed by atoms with van der Waals surface area (Å²) in [5.41, 5.74) is 1.41. The smallest absolute Gasteiger partial charge is 0.323 e. The van der Waals surface area contributed by atoms with Crippen molar-refractivity contribution in [1.29, 1.82) is 0 Å². The van der Waals surface area contributed by atoms with Crippen molar-refractivity contribution in [3.8, 4) is 0 Å². The van der Waals surface area contributed by atoms with Crippen molar-refractivity contribution in [3.05, 3.63) is 24.0 Å². The Hall–Kier alpha value is -2.11. The summed E-state index contributed by atoms with van der Waals surface area (Å²) >= 11 is 0. The Kier molecular flexibility index (Phi) is 3.18. The van der Waals surface area contributed by atoms with Crippen LogP contribution in [0.1, 0.15) is 26.3 Å². The number of aromatic nitrogens is 3. The minimum absolute atomic E-state index is 0.0814. The van der Waals surface area contributed by atoms with Crippen molar-refractivity contribution in [2.24, 2.45) is 0 Å². The van der Waals surface area contributed by atoms with Crippen LogP contribution in [0.4, 0.5) is 5.82 Å². The maximum Gasteiger partial charge on any atom is 0.323 e. The fourth-order valence-electron chi connectivity index (χ4n) is 2.02. The molecule has 0 aliphatic heterocycles. The van der Waals surface area contributed by atoms with Crippen molar-refractivity contribution >= 4 is 17.4 Å². The Morgan fingerprint density at radius 3 is 2.68 bits per heavy atom. The zero-order chi connectivity index (χ0) is 14.2. The number of aliphatic carboxylic acids is 1. The van der Waals surface area contributed by atoms with E-state index in [4.69, 9.17) is 5.11 Å². The largest absolute Gasteiger partial charge is 0.480 e. The van der Waals surface area contributed by atoms with Crippen LogP contribution < -0.4 is 4.90 Å². The van der Waals surface area contributed by atoms with E-state index in [9.17, 15) is 4.79 Å². The SMILES string of the molecule is Cc1cc(N(CC(=O)O)C(C)(C)C)n2ncnc2c1. The van der Waals surface area contributed by atoms with E-state index in [1.54, 1.807) is 4.52 Å². The van der Waals surface area contributed by atoms with Gasteiger partial charge in [0, 0.05) is 5.54 Å². The van der Waals surface area contributed by atoms with Gasteiger partial charge in [-0.1, -0.05) is 0 Å². The van der Waals surface area contributed by atoms with Crippen LogP contribution in [-0.4, -0.2) is 37.8 Å². The third kappa shape index (κ3) is 2.67. The van der Waals surface area contributed by atoms with Gasteiger partial charge in [-0.05, 0) is 45.4 Å². The number of anilines is 1. The second-order valence-corrected chi connectivity index (χ2v) is 5.57. The normalized spacial score (nSPS) is 11.8. The van der Waals surface area contributed by atoms with Crippen molar-refractivity contribution in [2.45, 2.75) is 33.2 Å². The molecule has 0 saturated heterocycles. The Balaban J connectivity index is 2.61. The minimum atomic E-state index is -0.871. The second-order valence-electron chi connectivity index (χ2n) is 5.57. The molecule has 0 radical (unpaired) electrons. The van der Waals surface area contributed by atoms with Gasteiger partial charge in [-0.25, -0.2) is 4.98 Å². The van der Waals surface area contributed by atoms with Crippen molar-refractivity contribution in [3.63, 3.8) is 0 Å². The first-order chi connectivity index (χ1) is 8.79. The standard InChI is InChI=1S/C13H18N4O2/c1-9-5-10-14-8-15-17(10)11(6-9)16(7-12(18)19)13(2,3)4/h5-6,8H,7H2,1-4H3,(H,18,19). The molecule has 0 fully saturated rings. The quantitative estimate of drug-likeness (QED) is 0.912. The zero-order valence-corrected chi connectivity index (χ0v) is 11.6. The summed E-state index contributed by atoms with van der Waals surface area (Å²) in [5.74, 6) is -0.132. The summed E-state index contributed by atoms with van der Waals surface area (Å²) in [7, 11) is 0. The first kappa shape index (κ1) is 13.3. The molecular weight excluding hydrogens is 244 g/mol. The average molecular weight is 262 g/mol. The van der Waals surface area contributed by atoms with Gasteiger partial charge in [0.1, 0.15) is 18.7 Å². The number of fused-ring (bicyclic) bond motifs is 1. The minimum Gasteiger partial charge on any atom is -0.480 e. The van der Waals surface area contributed by atoms with Gasteiger partial charge in [-0.2, -0.15) is 9.61 Å². The lowest BCUT2D eigenvalue weighted by molar-refractivity contribution is -0.135. The lowest BCUT2D eigenvalue weighted by Gasteiger charge is -2.36. The van der Waals surface area contributed by atoms with Crippen LogP contribution in [0, 0.1) is 6.92 Å². The van der Waals surface area contributed by atoms with Crippen LogP contribution in [0.5, 0.6) is 0 Å². The Labute approximate surface area is 111 Å². The fourth-order valence-corrected chi connectivity index (χ4v) is 2.02. The molecule has 1 N–H and O–H groups in total. The molecule has 0 bridgehead atoms. The first-order valence-electron chi connectivity index (χ1n) is 6.09. The van der Waals surface area contributed by atoms with Gasteiger partial charge in [-0.3, -0.25) is 4.79 Å². The maximum absolute atomic E-state index is 11.1. The average Bonchev–Trinajstić information content (AvgIpc) is 2.70. The Bertz CT molecular complexity index is 613. The molecule has 0 saturated carbocycles. The van der Waals surface area contributed by atoms with E-state index in [-0.39, 0.29) is 12.1 Å². The lowest BCUT2D eigenvalue weighted by atomic mass is 10.1. The van der Waals surface area contributed by atoms with E-state index in [1.165, 1.54) is 6.33 Å². The number of carboxylic acid groups (broad SMARTS) is 1. The van der Waals surface area contributed by atoms with E-state index in [1.807, 2.05) is 44.7 Å². The molecule has 2 heterocycles. The number of rotatable bonds is 3. The summed E-state index contributed by atoms with van der Waals surface area (Å²) < 4.78 is 1.67. The molecule has 6 nitrogen and oxygen atoms in total. The molecule has 19 heavy (non-hydrogen) atoms. The molecular formula is C13H18N4O2. The van der Waals surface area contributed by atoms with Crippen molar-refractivity contribution < 1.29 is 9.90 Å². The molecule has 2 aromatic rings. The third-order valence-corrected chi connectivity index (χ3v) is 2.88. The van der Waals surface area contributed by atoms with Gasteiger partial charge in [0.2, 0.25) is 0 Å². The molecule has 102 valence electrons. The fraction of sp³-hybridized carbons (Fsp3) is 0.462. The number of hydrogen-bond acceptors (Lipinski definition) is 4. The Morgan fingerprint density at radius 2 is 2.11 bits per heavy atom. The number of nitrogens with zero attached hydrogens (tertiary/aromatic N) is 4. The molecule has 0 aliphatic carbocycles. The molecule has 2 rings (SSSR count). The monoisotopic (exact) mass is 262 g/mol. The molecule has 0 aromatic carbocycles. The van der Waals surface area contributed by atoms with Crippen LogP contribution in [0.3, 0.4) is 0 Å². The van der Waals surface area contributed by atoms with Gasteiger partial charge in [-0.15, -0.1) is 0 Å². The molecule has 0 spiro atoms. The summed E-state index contributed by atoms with van der Waals surface area (Å²) in [4.78, 5) is 17.1. The Morgan fingerprint density at radius 1 is 1.42 bits per heavy atom. The number of carbonyl (C=O) groups is 1. The molecule has 6 heteroatoms. The number of pyridine rings is 1. The van der Waals surface area contributed by atoms with Crippen molar-refractivity contribution in [1.82, 2.24) is 14.6 Å². The first-order valence-corrected chi connectivity index (χ1v) is 6.09. The van der Waals surface area contributed by atoms with Gasteiger partial charge >= 0.3 is 5.97 Å². The third-order valence-electron chi connectivity index (χ3n) is 2.88. The van der Waals surface area contributed by atoms with E-state index in [0.29, 0.717) is 0 Å². The van der Waals surface area contributed by atoms with Crippen LogP contribution >= 0.6 is 0 Å². The highest BCUT2D eigenvalue weighted by atomic mass is 16.4. The van der Waals surface area contributed by atoms with Gasteiger partial charge in [0.25, 0.3) is 0 Å². The number of carboxylic acids is 1. The molecule has 0 amide bonds. The summed E-state index contributed by atoms with van der Waals surface area (Å²) in [6.45, 7) is 7.80. The second kappa shape index (κ2) is 4.53. The molecule has 0 unspecified atom stereocenters.